The molecule has 102 valence electrons. The van der Waals surface area contributed by atoms with Crippen molar-refractivity contribution in [2.75, 3.05) is 0 Å². The Hall–Kier alpha value is -1.32. The fourth-order valence-electron chi connectivity index (χ4n) is 2.09. The van der Waals surface area contributed by atoms with Crippen molar-refractivity contribution in [3.8, 4) is 0 Å². The number of halogens is 2. The van der Waals surface area contributed by atoms with E-state index >= 15 is 0 Å². The molecule has 1 N–H and O–H groups in total. The molecular weight excluding hydrogens is 265 g/mol. The van der Waals surface area contributed by atoms with Gasteiger partial charge in [0, 0.05) is 18.5 Å². The van der Waals surface area contributed by atoms with Crippen LogP contribution < -0.4 is 5.32 Å². The van der Waals surface area contributed by atoms with Crippen LogP contribution in [-0.4, -0.2) is 6.04 Å². The quantitative estimate of drug-likeness (QED) is 0.881. The minimum absolute atomic E-state index is 0.100. The Morgan fingerprint density at radius 1 is 1.32 bits per heavy atom. The number of furan rings is 1. The minimum atomic E-state index is -0.388. The highest BCUT2D eigenvalue weighted by molar-refractivity contribution is 6.30. The summed E-state index contributed by atoms with van der Waals surface area (Å²) in [6.07, 6.45) is 2.48. The van der Waals surface area contributed by atoms with Gasteiger partial charge in [0.2, 0.25) is 0 Å². The first-order chi connectivity index (χ1) is 9.06. The van der Waals surface area contributed by atoms with E-state index in [9.17, 15) is 4.39 Å². The molecule has 0 bridgehead atoms. The third kappa shape index (κ3) is 3.82. The van der Waals surface area contributed by atoms with Gasteiger partial charge in [0.15, 0.2) is 0 Å². The third-order valence-electron chi connectivity index (χ3n) is 3.07. The molecule has 2 nitrogen and oxygen atoms in total. The maximum absolute atomic E-state index is 13.1. The van der Waals surface area contributed by atoms with Gasteiger partial charge >= 0.3 is 0 Å². The molecule has 0 spiro atoms. The molecule has 0 aliphatic heterocycles. The van der Waals surface area contributed by atoms with Crippen LogP contribution in [0.2, 0.25) is 5.02 Å². The molecule has 1 aromatic carbocycles. The Morgan fingerprint density at radius 2 is 2.11 bits per heavy atom. The number of benzene rings is 1. The maximum Gasteiger partial charge on any atom is 0.141 e. The molecule has 2 rings (SSSR count). The van der Waals surface area contributed by atoms with Gasteiger partial charge < -0.3 is 9.73 Å². The lowest BCUT2D eigenvalue weighted by molar-refractivity contribution is 0.429. The molecule has 0 amide bonds. The van der Waals surface area contributed by atoms with Gasteiger partial charge in [-0.1, -0.05) is 17.7 Å². The zero-order valence-electron chi connectivity index (χ0n) is 11.0. The summed E-state index contributed by atoms with van der Waals surface area (Å²) in [5.74, 6) is 0.561. The van der Waals surface area contributed by atoms with Gasteiger partial charge in [0.25, 0.3) is 0 Å². The Labute approximate surface area is 117 Å². The first-order valence-corrected chi connectivity index (χ1v) is 6.67. The molecule has 0 radical (unpaired) electrons. The van der Waals surface area contributed by atoms with Gasteiger partial charge in [-0.3, -0.25) is 0 Å². The van der Waals surface area contributed by atoms with E-state index in [1.807, 2.05) is 19.1 Å². The van der Waals surface area contributed by atoms with E-state index < -0.39 is 0 Å². The summed E-state index contributed by atoms with van der Waals surface area (Å²) in [5, 5.41) is 3.60. The smallest absolute Gasteiger partial charge is 0.141 e. The molecule has 2 unspecified atom stereocenters. The van der Waals surface area contributed by atoms with E-state index in [4.69, 9.17) is 16.0 Å². The molecule has 0 aliphatic carbocycles. The predicted molar refractivity (Wildman–Crippen MR) is 74.8 cm³/mol. The Morgan fingerprint density at radius 3 is 2.74 bits per heavy atom. The molecule has 1 heterocycles. The lowest BCUT2D eigenvalue weighted by Crippen LogP contribution is -2.30. The number of hydrogen-bond acceptors (Lipinski definition) is 2. The van der Waals surface area contributed by atoms with Crippen LogP contribution in [0.3, 0.4) is 0 Å². The van der Waals surface area contributed by atoms with E-state index in [1.54, 1.807) is 18.4 Å². The minimum Gasteiger partial charge on any atom is -0.469 e. The van der Waals surface area contributed by atoms with Crippen LogP contribution >= 0.6 is 11.6 Å². The molecule has 0 aliphatic rings. The Bertz CT molecular complexity index is 527. The van der Waals surface area contributed by atoms with Crippen molar-refractivity contribution in [3.05, 3.63) is 58.8 Å². The van der Waals surface area contributed by atoms with Crippen LogP contribution in [0.4, 0.5) is 4.39 Å². The van der Waals surface area contributed by atoms with E-state index in [1.165, 1.54) is 6.07 Å². The first kappa shape index (κ1) is 14.1. The summed E-state index contributed by atoms with van der Waals surface area (Å²) < 4.78 is 18.4. The predicted octanol–water partition coefficient (Wildman–Crippen LogP) is 4.35. The van der Waals surface area contributed by atoms with Gasteiger partial charge in [-0.25, -0.2) is 4.39 Å². The monoisotopic (exact) mass is 281 g/mol. The topological polar surface area (TPSA) is 25.2 Å². The van der Waals surface area contributed by atoms with Crippen LogP contribution in [0.5, 0.6) is 0 Å². The van der Waals surface area contributed by atoms with Gasteiger partial charge in [-0.2, -0.15) is 0 Å². The number of nitrogens with one attached hydrogen (secondary N) is 1. The molecule has 0 saturated heterocycles. The van der Waals surface area contributed by atoms with E-state index in [2.05, 4.69) is 12.2 Å². The molecule has 19 heavy (non-hydrogen) atoms. The highest BCUT2D eigenvalue weighted by Crippen LogP contribution is 2.21. The maximum atomic E-state index is 13.1. The largest absolute Gasteiger partial charge is 0.469 e. The van der Waals surface area contributed by atoms with Crippen molar-refractivity contribution in [2.24, 2.45) is 0 Å². The van der Waals surface area contributed by atoms with Gasteiger partial charge in [-0.15, -0.1) is 0 Å². The summed E-state index contributed by atoms with van der Waals surface area (Å²) >= 11 is 5.79. The summed E-state index contributed by atoms with van der Waals surface area (Å²) in [5.41, 5.74) is 0.970. The van der Waals surface area contributed by atoms with Crippen molar-refractivity contribution >= 4 is 11.6 Å². The highest BCUT2D eigenvalue weighted by atomic mass is 35.5. The summed E-state index contributed by atoms with van der Waals surface area (Å²) in [7, 11) is 0. The highest BCUT2D eigenvalue weighted by Gasteiger charge is 2.12. The van der Waals surface area contributed by atoms with Crippen molar-refractivity contribution in [2.45, 2.75) is 32.4 Å². The Kier molecular flexibility index (Phi) is 4.61. The molecule has 4 heteroatoms. The zero-order chi connectivity index (χ0) is 13.8. The van der Waals surface area contributed by atoms with Gasteiger partial charge in [0.1, 0.15) is 11.6 Å². The fourth-order valence-corrected chi connectivity index (χ4v) is 2.28. The number of rotatable bonds is 5. The molecule has 2 aromatic rings. The molecule has 1 aromatic heterocycles. The molecular formula is C15H17ClFNO. The van der Waals surface area contributed by atoms with Gasteiger partial charge in [-0.05, 0) is 43.7 Å². The normalized spacial score (nSPS) is 14.3. The Balaban J connectivity index is 1.96. The first-order valence-electron chi connectivity index (χ1n) is 6.29. The second-order valence-electron chi connectivity index (χ2n) is 4.75. The summed E-state index contributed by atoms with van der Waals surface area (Å²) in [6, 6.07) is 9.00. The standard InChI is InChI=1S/C15H17ClFNO/c1-10(8-13-4-3-7-19-13)18-11(2)12-5-6-15(17)14(16)9-12/h3-7,9-11,18H,8H2,1-2H3. The molecule has 2 atom stereocenters. The van der Waals surface area contributed by atoms with E-state index in [-0.39, 0.29) is 22.9 Å². The second kappa shape index (κ2) is 6.22. The SMILES string of the molecule is CC(Cc1ccco1)NC(C)c1ccc(F)c(Cl)c1. The van der Waals surface area contributed by atoms with Crippen LogP contribution in [0.25, 0.3) is 0 Å². The summed E-state index contributed by atoms with van der Waals surface area (Å²) in [6.45, 7) is 4.12. The number of hydrogen-bond donors (Lipinski definition) is 1. The van der Waals surface area contributed by atoms with Crippen LogP contribution in [-0.2, 0) is 6.42 Å². The molecule has 0 fully saturated rings. The fraction of sp³-hybridized carbons (Fsp3) is 0.333. The van der Waals surface area contributed by atoms with Crippen molar-refractivity contribution in [3.63, 3.8) is 0 Å². The van der Waals surface area contributed by atoms with Crippen molar-refractivity contribution in [1.82, 2.24) is 5.32 Å². The lowest BCUT2D eigenvalue weighted by Gasteiger charge is -2.20. The van der Waals surface area contributed by atoms with Crippen molar-refractivity contribution < 1.29 is 8.81 Å². The van der Waals surface area contributed by atoms with E-state index in [0.717, 1.165) is 17.7 Å². The van der Waals surface area contributed by atoms with Gasteiger partial charge in [0.05, 0.1) is 11.3 Å². The summed E-state index contributed by atoms with van der Waals surface area (Å²) in [4.78, 5) is 0. The van der Waals surface area contributed by atoms with Crippen LogP contribution in [0.1, 0.15) is 31.2 Å². The lowest BCUT2D eigenvalue weighted by atomic mass is 10.1. The average molecular weight is 282 g/mol. The van der Waals surface area contributed by atoms with Crippen molar-refractivity contribution in [1.29, 1.82) is 0 Å². The van der Waals surface area contributed by atoms with Crippen LogP contribution in [0, 0.1) is 5.82 Å². The average Bonchev–Trinajstić information content (AvgIpc) is 2.85. The zero-order valence-corrected chi connectivity index (χ0v) is 11.7. The third-order valence-corrected chi connectivity index (χ3v) is 3.36. The van der Waals surface area contributed by atoms with Crippen LogP contribution in [0.15, 0.2) is 41.0 Å². The molecule has 0 saturated carbocycles. The van der Waals surface area contributed by atoms with E-state index in [0.29, 0.717) is 0 Å². The second-order valence-corrected chi connectivity index (χ2v) is 5.15.